The SMILES string of the molecule is CC(=O)S(N)=O. The molecule has 0 rings (SSSR count). The van der Waals surface area contributed by atoms with Gasteiger partial charge < -0.3 is 0 Å². The molecular weight excluding hydrogens is 102 g/mol. The van der Waals surface area contributed by atoms with Crippen LogP contribution >= 0.6 is 0 Å². The van der Waals surface area contributed by atoms with Crippen molar-refractivity contribution < 1.29 is 9.00 Å². The average Bonchev–Trinajstić information content (AvgIpc) is 1.36. The van der Waals surface area contributed by atoms with E-state index in [4.69, 9.17) is 0 Å². The van der Waals surface area contributed by atoms with Crippen LogP contribution in [0, 0.1) is 0 Å². The summed E-state index contributed by atoms with van der Waals surface area (Å²) < 4.78 is 9.68. The molecule has 0 aromatic rings. The van der Waals surface area contributed by atoms with E-state index in [-0.39, 0.29) is 0 Å². The summed E-state index contributed by atoms with van der Waals surface area (Å²) in [4.78, 5) is 9.72. The second-order valence-electron chi connectivity index (χ2n) is 0.789. The number of hydrogen-bond acceptors (Lipinski definition) is 2. The van der Waals surface area contributed by atoms with Crippen LogP contribution < -0.4 is 5.14 Å². The Morgan fingerprint density at radius 1 is 1.83 bits per heavy atom. The van der Waals surface area contributed by atoms with Crippen molar-refractivity contribution in [3.63, 3.8) is 0 Å². The Kier molecular flexibility index (Phi) is 1.97. The van der Waals surface area contributed by atoms with Crippen LogP contribution in [0.1, 0.15) is 6.92 Å². The molecule has 0 amide bonds. The van der Waals surface area contributed by atoms with E-state index < -0.39 is 16.1 Å². The van der Waals surface area contributed by atoms with E-state index in [0.717, 1.165) is 0 Å². The minimum absolute atomic E-state index is 0.491. The lowest BCUT2D eigenvalue weighted by molar-refractivity contribution is -0.109. The molecule has 0 aliphatic heterocycles. The molecule has 0 aromatic carbocycles. The Morgan fingerprint density at radius 2 is 2.00 bits per heavy atom. The third-order valence-electron chi connectivity index (χ3n) is 0.283. The number of carbonyl (C=O) groups excluding carboxylic acids is 1. The normalized spacial score (nSPS) is 13.7. The van der Waals surface area contributed by atoms with E-state index in [2.05, 4.69) is 5.14 Å². The van der Waals surface area contributed by atoms with Gasteiger partial charge in [-0.3, -0.25) is 4.79 Å². The van der Waals surface area contributed by atoms with Crippen LogP contribution in [0.25, 0.3) is 0 Å². The van der Waals surface area contributed by atoms with Crippen molar-refractivity contribution in [2.75, 3.05) is 0 Å². The van der Waals surface area contributed by atoms with Gasteiger partial charge in [-0.2, -0.15) is 0 Å². The highest BCUT2D eigenvalue weighted by molar-refractivity contribution is 7.98. The highest BCUT2D eigenvalue weighted by Crippen LogP contribution is 1.65. The maximum Gasteiger partial charge on any atom is 0.230 e. The van der Waals surface area contributed by atoms with Crippen LogP contribution in [0.3, 0.4) is 0 Å². The molecule has 0 radical (unpaired) electrons. The first-order valence-electron chi connectivity index (χ1n) is 1.31. The largest absolute Gasteiger partial charge is 0.283 e. The van der Waals surface area contributed by atoms with Gasteiger partial charge in [-0.05, 0) is 0 Å². The van der Waals surface area contributed by atoms with Crippen LogP contribution in [-0.4, -0.2) is 9.32 Å². The lowest BCUT2D eigenvalue weighted by atomic mass is 10.9. The van der Waals surface area contributed by atoms with Crippen molar-refractivity contribution in [3.05, 3.63) is 0 Å². The van der Waals surface area contributed by atoms with Gasteiger partial charge in [0.15, 0.2) is 11.0 Å². The third kappa shape index (κ3) is 2.04. The van der Waals surface area contributed by atoms with Gasteiger partial charge in [0.2, 0.25) is 5.12 Å². The van der Waals surface area contributed by atoms with Gasteiger partial charge in [0, 0.05) is 6.92 Å². The zero-order valence-electron chi connectivity index (χ0n) is 3.30. The average molecular weight is 107 g/mol. The van der Waals surface area contributed by atoms with Crippen LogP contribution in [-0.2, 0) is 15.8 Å². The van der Waals surface area contributed by atoms with E-state index in [9.17, 15) is 9.00 Å². The molecule has 0 spiro atoms. The molecule has 0 heterocycles. The van der Waals surface area contributed by atoms with Crippen LogP contribution in [0.2, 0.25) is 0 Å². The minimum Gasteiger partial charge on any atom is -0.283 e. The molecule has 4 heteroatoms. The van der Waals surface area contributed by atoms with Crippen LogP contribution in [0.4, 0.5) is 0 Å². The number of nitrogens with two attached hydrogens (primary N) is 1. The van der Waals surface area contributed by atoms with Gasteiger partial charge in [-0.15, -0.1) is 0 Å². The summed E-state index contributed by atoms with van der Waals surface area (Å²) in [6, 6.07) is 0. The third-order valence-corrected chi connectivity index (χ3v) is 0.850. The van der Waals surface area contributed by atoms with E-state index in [1.165, 1.54) is 6.92 Å². The topological polar surface area (TPSA) is 60.2 Å². The van der Waals surface area contributed by atoms with Crippen molar-refractivity contribution in [1.82, 2.24) is 0 Å². The fourth-order valence-corrected chi connectivity index (χ4v) is 0. The zero-order chi connectivity index (χ0) is 5.15. The smallest absolute Gasteiger partial charge is 0.230 e. The van der Waals surface area contributed by atoms with Gasteiger partial charge in [-0.25, -0.2) is 9.35 Å². The van der Waals surface area contributed by atoms with E-state index in [0.29, 0.717) is 0 Å². The predicted molar refractivity (Wildman–Crippen MR) is 23.0 cm³/mol. The number of rotatable bonds is 0. The maximum atomic E-state index is 9.72. The fourth-order valence-electron chi connectivity index (χ4n) is 0. The molecule has 0 fully saturated rings. The van der Waals surface area contributed by atoms with E-state index in [1.807, 2.05) is 0 Å². The molecule has 0 bridgehead atoms. The molecule has 0 aliphatic rings. The standard InChI is InChI=1S/C2H5NO2S/c1-2(4)6(3)5/h3H2,1H3. The van der Waals surface area contributed by atoms with Crippen LogP contribution in [0.15, 0.2) is 0 Å². The predicted octanol–water partition coefficient (Wildman–Crippen LogP) is -0.845. The molecule has 0 saturated heterocycles. The van der Waals surface area contributed by atoms with Gasteiger partial charge in [0.1, 0.15) is 0 Å². The fraction of sp³-hybridized carbons (Fsp3) is 0.500. The molecule has 2 N–H and O–H groups in total. The first-order chi connectivity index (χ1) is 2.64. The summed E-state index contributed by atoms with van der Waals surface area (Å²) in [5, 5.41) is 4.07. The second kappa shape index (κ2) is 2.04. The quantitative estimate of drug-likeness (QED) is 0.438. The molecule has 1 atom stereocenters. The molecule has 36 valence electrons. The van der Waals surface area contributed by atoms with Crippen molar-refractivity contribution in [3.8, 4) is 0 Å². The highest BCUT2D eigenvalue weighted by Gasteiger charge is 1.92. The van der Waals surface area contributed by atoms with Crippen molar-refractivity contribution >= 4 is 16.1 Å². The Morgan fingerprint density at radius 3 is 2.00 bits per heavy atom. The first-order valence-corrected chi connectivity index (χ1v) is 2.52. The van der Waals surface area contributed by atoms with Crippen molar-refractivity contribution in [2.24, 2.45) is 5.14 Å². The first kappa shape index (κ1) is 5.78. The van der Waals surface area contributed by atoms with Crippen LogP contribution in [0.5, 0.6) is 0 Å². The Bertz CT molecular complexity index is 77.5. The molecule has 0 saturated carbocycles. The lowest BCUT2D eigenvalue weighted by Gasteiger charge is -1.76. The zero-order valence-corrected chi connectivity index (χ0v) is 4.12. The summed E-state index contributed by atoms with van der Waals surface area (Å²) in [6.45, 7) is 1.18. The van der Waals surface area contributed by atoms with Gasteiger partial charge >= 0.3 is 0 Å². The molecule has 0 aliphatic carbocycles. The summed E-state index contributed by atoms with van der Waals surface area (Å²) >= 11 is 0. The van der Waals surface area contributed by atoms with Crippen molar-refractivity contribution in [1.29, 1.82) is 0 Å². The van der Waals surface area contributed by atoms with E-state index >= 15 is 0 Å². The number of hydrogen-bond donors (Lipinski definition) is 1. The number of carbonyl (C=O) groups is 1. The Hall–Kier alpha value is -0.220. The lowest BCUT2D eigenvalue weighted by Crippen LogP contribution is -2.10. The van der Waals surface area contributed by atoms with Gasteiger partial charge in [0.25, 0.3) is 0 Å². The molecular formula is C2H5NO2S. The summed E-state index contributed by atoms with van der Waals surface area (Å²) in [5.74, 6) is 0. The van der Waals surface area contributed by atoms with Crippen molar-refractivity contribution in [2.45, 2.75) is 6.92 Å². The Labute approximate surface area is 38.1 Å². The Balaban J connectivity index is 3.57. The maximum absolute atomic E-state index is 9.72. The molecule has 1 unspecified atom stereocenters. The minimum atomic E-state index is -1.76. The molecule has 3 nitrogen and oxygen atoms in total. The van der Waals surface area contributed by atoms with Gasteiger partial charge in [-0.1, -0.05) is 0 Å². The summed E-state index contributed by atoms with van der Waals surface area (Å²) in [5.41, 5.74) is 0. The van der Waals surface area contributed by atoms with Gasteiger partial charge in [0.05, 0.1) is 0 Å². The molecule has 0 aromatic heterocycles. The highest BCUT2D eigenvalue weighted by atomic mass is 32.2. The summed E-state index contributed by atoms with van der Waals surface area (Å²) in [7, 11) is -1.76. The molecule has 6 heavy (non-hydrogen) atoms. The monoisotopic (exact) mass is 107 g/mol. The summed E-state index contributed by atoms with van der Waals surface area (Å²) in [6.07, 6.45) is 0. The van der Waals surface area contributed by atoms with E-state index in [1.54, 1.807) is 0 Å². The second-order valence-corrected chi connectivity index (χ2v) is 1.96.